The van der Waals surface area contributed by atoms with Crippen LogP contribution in [0.25, 0.3) is 17.5 Å². The number of hydrogen-bond donors (Lipinski definition) is 0. The monoisotopic (exact) mass is 449 g/mol. The minimum atomic E-state index is -0.0171. The van der Waals surface area contributed by atoms with Crippen molar-refractivity contribution in [1.29, 1.82) is 0 Å². The summed E-state index contributed by atoms with van der Waals surface area (Å²) in [5, 5.41) is 3.98. The lowest BCUT2D eigenvalue weighted by molar-refractivity contribution is -0.126. The summed E-state index contributed by atoms with van der Waals surface area (Å²) >= 11 is 0. The molecule has 0 spiro atoms. The average molecular weight is 450 g/mol. The molecule has 0 saturated carbocycles. The Labute approximate surface area is 192 Å². The van der Waals surface area contributed by atoms with Gasteiger partial charge >= 0.3 is 0 Å². The van der Waals surface area contributed by atoms with Crippen LogP contribution >= 0.6 is 0 Å². The zero-order valence-corrected chi connectivity index (χ0v) is 19.0. The van der Waals surface area contributed by atoms with Gasteiger partial charge in [0.05, 0.1) is 14.2 Å². The third kappa shape index (κ3) is 5.14. The number of nitrogens with zero attached hydrogens (tertiary/aromatic N) is 5. The molecule has 2 aromatic heterocycles. The molecule has 4 rings (SSSR count). The number of aryl methyl sites for hydroxylation is 1. The number of pyridine rings is 1. The zero-order valence-electron chi connectivity index (χ0n) is 19.0. The molecule has 0 atom stereocenters. The summed E-state index contributed by atoms with van der Waals surface area (Å²) in [6, 6.07) is 9.44. The van der Waals surface area contributed by atoms with Crippen molar-refractivity contribution in [3.05, 3.63) is 54.1 Å². The van der Waals surface area contributed by atoms with Crippen molar-refractivity contribution in [3.63, 3.8) is 0 Å². The van der Waals surface area contributed by atoms with E-state index in [-0.39, 0.29) is 5.91 Å². The summed E-state index contributed by atoms with van der Waals surface area (Å²) in [6.45, 7) is 4.65. The Bertz CT molecular complexity index is 1120. The van der Waals surface area contributed by atoms with Gasteiger partial charge in [-0.05, 0) is 35.9 Å². The molecule has 0 N–H and O–H groups in total. The second kappa shape index (κ2) is 10.2. The van der Waals surface area contributed by atoms with Gasteiger partial charge in [0.25, 0.3) is 0 Å². The van der Waals surface area contributed by atoms with E-state index in [2.05, 4.69) is 20.0 Å². The molecule has 1 amide bonds. The van der Waals surface area contributed by atoms with Gasteiger partial charge in [0.2, 0.25) is 17.6 Å². The van der Waals surface area contributed by atoms with Gasteiger partial charge in [0, 0.05) is 50.4 Å². The molecule has 3 heterocycles. The van der Waals surface area contributed by atoms with E-state index in [4.69, 9.17) is 14.0 Å². The van der Waals surface area contributed by atoms with Gasteiger partial charge in [-0.15, -0.1) is 0 Å². The number of benzene rings is 1. The highest BCUT2D eigenvalue weighted by molar-refractivity contribution is 5.92. The van der Waals surface area contributed by atoms with E-state index in [0.717, 1.165) is 16.9 Å². The van der Waals surface area contributed by atoms with Gasteiger partial charge in [-0.1, -0.05) is 18.1 Å². The number of carbonyl (C=O) groups excluding carboxylic acids is 1. The van der Waals surface area contributed by atoms with Crippen LogP contribution in [0.15, 0.2) is 47.1 Å². The molecule has 1 aliphatic heterocycles. The zero-order chi connectivity index (χ0) is 23.2. The lowest BCUT2D eigenvalue weighted by Gasteiger charge is -2.35. The molecule has 172 valence electrons. The van der Waals surface area contributed by atoms with Crippen LogP contribution in [-0.4, -0.2) is 66.3 Å². The summed E-state index contributed by atoms with van der Waals surface area (Å²) in [6.07, 6.45) is 5.84. The van der Waals surface area contributed by atoms with Crippen molar-refractivity contribution >= 4 is 17.8 Å². The number of piperazine rings is 1. The molecular weight excluding hydrogens is 422 g/mol. The molecule has 9 heteroatoms. The fraction of sp³-hybridized carbons (Fsp3) is 0.333. The summed E-state index contributed by atoms with van der Waals surface area (Å²) < 4.78 is 15.7. The Kier molecular flexibility index (Phi) is 6.87. The van der Waals surface area contributed by atoms with Crippen LogP contribution in [0.2, 0.25) is 0 Å². The molecule has 1 aliphatic rings. The quantitative estimate of drug-likeness (QED) is 0.508. The first-order valence-corrected chi connectivity index (χ1v) is 10.8. The van der Waals surface area contributed by atoms with Gasteiger partial charge in [-0.2, -0.15) is 4.98 Å². The largest absolute Gasteiger partial charge is 0.493 e. The highest BCUT2D eigenvalue weighted by Crippen LogP contribution is 2.28. The number of amides is 1. The second-order valence-corrected chi connectivity index (χ2v) is 7.53. The highest BCUT2D eigenvalue weighted by atomic mass is 16.5. The molecule has 0 unspecified atom stereocenters. The number of ether oxygens (including phenoxy) is 2. The van der Waals surface area contributed by atoms with Gasteiger partial charge in [-0.3, -0.25) is 4.79 Å². The van der Waals surface area contributed by atoms with E-state index in [0.29, 0.717) is 55.8 Å². The van der Waals surface area contributed by atoms with Crippen LogP contribution in [-0.2, 0) is 11.2 Å². The Balaban J connectivity index is 1.33. The fourth-order valence-corrected chi connectivity index (χ4v) is 3.61. The Morgan fingerprint density at radius 1 is 1.09 bits per heavy atom. The van der Waals surface area contributed by atoms with Crippen LogP contribution in [0.4, 0.5) is 5.82 Å². The van der Waals surface area contributed by atoms with Gasteiger partial charge < -0.3 is 23.8 Å². The van der Waals surface area contributed by atoms with Crippen molar-refractivity contribution in [2.24, 2.45) is 0 Å². The van der Waals surface area contributed by atoms with Crippen molar-refractivity contribution in [1.82, 2.24) is 20.0 Å². The Morgan fingerprint density at radius 2 is 1.88 bits per heavy atom. The molecule has 1 aromatic carbocycles. The number of hydrogen-bond acceptors (Lipinski definition) is 8. The molecule has 0 radical (unpaired) electrons. The average Bonchev–Trinajstić information content (AvgIpc) is 3.36. The number of aromatic nitrogens is 3. The number of methoxy groups -OCH3 is 2. The third-order valence-corrected chi connectivity index (χ3v) is 5.52. The smallest absolute Gasteiger partial charge is 0.246 e. The number of anilines is 1. The van der Waals surface area contributed by atoms with Crippen LogP contribution in [0, 0.1) is 0 Å². The molecule has 1 fully saturated rings. The molecule has 3 aromatic rings. The Morgan fingerprint density at radius 3 is 2.52 bits per heavy atom. The highest BCUT2D eigenvalue weighted by Gasteiger charge is 2.21. The summed E-state index contributed by atoms with van der Waals surface area (Å²) in [5.74, 6) is 3.28. The van der Waals surface area contributed by atoms with Crippen molar-refractivity contribution < 1.29 is 18.8 Å². The van der Waals surface area contributed by atoms with E-state index < -0.39 is 0 Å². The van der Waals surface area contributed by atoms with Gasteiger partial charge in [0.1, 0.15) is 5.82 Å². The minimum Gasteiger partial charge on any atom is -0.493 e. The topological polar surface area (TPSA) is 93.8 Å². The van der Waals surface area contributed by atoms with E-state index in [9.17, 15) is 4.79 Å². The summed E-state index contributed by atoms with van der Waals surface area (Å²) in [4.78, 5) is 25.5. The van der Waals surface area contributed by atoms with Crippen LogP contribution in [0.1, 0.15) is 18.4 Å². The predicted molar refractivity (Wildman–Crippen MR) is 124 cm³/mol. The van der Waals surface area contributed by atoms with Crippen molar-refractivity contribution in [2.75, 3.05) is 45.3 Å². The van der Waals surface area contributed by atoms with Crippen LogP contribution in [0.3, 0.4) is 0 Å². The molecule has 1 saturated heterocycles. The summed E-state index contributed by atoms with van der Waals surface area (Å²) in [5.41, 5.74) is 1.69. The summed E-state index contributed by atoms with van der Waals surface area (Å²) in [7, 11) is 3.18. The first kappa shape index (κ1) is 22.3. The second-order valence-electron chi connectivity index (χ2n) is 7.53. The lowest BCUT2D eigenvalue weighted by atomic mass is 10.2. The van der Waals surface area contributed by atoms with Crippen molar-refractivity contribution in [2.45, 2.75) is 13.3 Å². The molecular formula is C24H27N5O4. The fourth-order valence-electron chi connectivity index (χ4n) is 3.61. The third-order valence-electron chi connectivity index (χ3n) is 5.52. The maximum Gasteiger partial charge on any atom is 0.246 e. The maximum atomic E-state index is 12.6. The molecule has 0 bridgehead atoms. The maximum absolute atomic E-state index is 12.6. The normalized spacial score (nSPS) is 14.0. The molecule has 9 nitrogen and oxygen atoms in total. The number of rotatable bonds is 7. The first-order valence-electron chi connectivity index (χ1n) is 10.8. The van der Waals surface area contributed by atoms with Crippen LogP contribution in [0.5, 0.6) is 11.5 Å². The predicted octanol–water partition coefficient (Wildman–Crippen LogP) is 3.07. The van der Waals surface area contributed by atoms with E-state index in [1.807, 2.05) is 42.2 Å². The van der Waals surface area contributed by atoms with Crippen molar-refractivity contribution in [3.8, 4) is 22.9 Å². The number of carbonyl (C=O) groups is 1. The molecule has 33 heavy (non-hydrogen) atoms. The van der Waals surface area contributed by atoms with Gasteiger partial charge in [0.15, 0.2) is 11.5 Å². The van der Waals surface area contributed by atoms with E-state index >= 15 is 0 Å². The SMILES string of the molecule is CCc1nc(-c2ccc(N3CCN(C(=O)/C=C\c4ccc(OC)c(OC)c4)CC3)nc2)no1. The lowest BCUT2D eigenvalue weighted by Crippen LogP contribution is -2.48. The van der Waals surface area contributed by atoms with Gasteiger partial charge in [-0.25, -0.2) is 4.98 Å². The Hall–Kier alpha value is -3.88. The molecule has 0 aliphatic carbocycles. The van der Waals surface area contributed by atoms with E-state index in [1.54, 1.807) is 32.6 Å². The standard InChI is InChI=1S/C24H27N5O4/c1-4-22-26-24(27-33-22)18-7-9-21(25-16-18)28-11-13-29(14-12-28)23(30)10-6-17-5-8-19(31-2)20(15-17)32-3/h5-10,15-16H,4,11-14H2,1-3H3/b10-6-. The van der Waals surface area contributed by atoms with E-state index in [1.165, 1.54) is 0 Å². The first-order chi connectivity index (χ1) is 16.1. The minimum absolute atomic E-state index is 0.0171. The van der Waals surface area contributed by atoms with Crippen LogP contribution < -0.4 is 14.4 Å².